The first-order chi connectivity index (χ1) is 5.98. The van der Waals surface area contributed by atoms with Gasteiger partial charge in [0.15, 0.2) is 0 Å². The predicted octanol–water partition coefficient (Wildman–Crippen LogP) is 2.32. The average Bonchev–Trinajstić information content (AvgIpc) is 2.02. The Morgan fingerprint density at radius 1 is 1.46 bits per heavy atom. The summed E-state index contributed by atoms with van der Waals surface area (Å²) in [5, 5.41) is 9.82. The number of carbonyl (C=O) groups is 1. The zero-order valence-corrected chi connectivity index (χ0v) is 8.79. The Balaban J connectivity index is 3.78. The minimum Gasteiger partial charge on any atom is -0.390 e. The van der Waals surface area contributed by atoms with E-state index in [2.05, 4.69) is 13.8 Å². The van der Waals surface area contributed by atoms with Gasteiger partial charge in [0.25, 0.3) is 0 Å². The van der Waals surface area contributed by atoms with Crippen molar-refractivity contribution in [2.24, 2.45) is 5.92 Å². The molecule has 1 atom stereocenters. The highest BCUT2D eigenvalue weighted by atomic mass is 16.3. The van der Waals surface area contributed by atoms with Crippen molar-refractivity contribution < 1.29 is 9.90 Å². The molecule has 0 aromatic heterocycles. The summed E-state index contributed by atoms with van der Waals surface area (Å²) in [6, 6.07) is 0. The molecule has 0 aromatic rings. The molecular formula is C11H20O2. The van der Waals surface area contributed by atoms with Gasteiger partial charge in [0, 0.05) is 0 Å². The van der Waals surface area contributed by atoms with Gasteiger partial charge in [-0.1, -0.05) is 19.9 Å². The molecule has 2 nitrogen and oxygen atoms in total. The first kappa shape index (κ1) is 12.4. The third-order valence-corrected chi connectivity index (χ3v) is 2.03. The minimum atomic E-state index is -0.663. The monoisotopic (exact) mass is 184 g/mol. The van der Waals surface area contributed by atoms with Crippen molar-refractivity contribution in [3.05, 3.63) is 12.2 Å². The van der Waals surface area contributed by atoms with Crippen LogP contribution in [0.15, 0.2) is 12.2 Å². The number of carbonyl (C=O) groups excluding carboxylic acids is 1. The van der Waals surface area contributed by atoms with Gasteiger partial charge < -0.3 is 5.11 Å². The van der Waals surface area contributed by atoms with Crippen LogP contribution in [0.1, 0.15) is 40.0 Å². The SMILES string of the molecule is CC(C)CCC(C)(O)CC=CC=O. The average molecular weight is 184 g/mol. The quantitative estimate of drug-likeness (QED) is 0.508. The molecule has 13 heavy (non-hydrogen) atoms. The second-order valence-electron chi connectivity index (χ2n) is 4.20. The van der Waals surface area contributed by atoms with Crippen LogP contribution in [-0.4, -0.2) is 17.0 Å². The number of rotatable bonds is 6. The smallest absolute Gasteiger partial charge is 0.142 e. The Morgan fingerprint density at radius 2 is 2.08 bits per heavy atom. The summed E-state index contributed by atoms with van der Waals surface area (Å²) in [7, 11) is 0. The van der Waals surface area contributed by atoms with Crippen LogP contribution >= 0.6 is 0 Å². The van der Waals surface area contributed by atoms with E-state index >= 15 is 0 Å². The van der Waals surface area contributed by atoms with Gasteiger partial charge >= 0.3 is 0 Å². The van der Waals surface area contributed by atoms with E-state index in [0.29, 0.717) is 12.3 Å². The summed E-state index contributed by atoms with van der Waals surface area (Å²) in [6.07, 6.45) is 6.24. The highest BCUT2D eigenvalue weighted by Gasteiger charge is 2.18. The van der Waals surface area contributed by atoms with Crippen molar-refractivity contribution in [2.45, 2.75) is 45.6 Å². The van der Waals surface area contributed by atoms with Crippen LogP contribution < -0.4 is 0 Å². The zero-order chi connectivity index (χ0) is 10.3. The molecule has 0 aliphatic rings. The maximum Gasteiger partial charge on any atom is 0.142 e. The Morgan fingerprint density at radius 3 is 2.54 bits per heavy atom. The molecule has 2 heteroatoms. The Kier molecular flexibility index (Phi) is 5.63. The molecule has 1 unspecified atom stereocenters. The fraction of sp³-hybridized carbons (Fsp3) is 0.727. The van der Waals surface area contributed by atoms with E-state index < -0.39 is 5.60 Å². The molecule has 0 aliphatic carbocycles. The molecule has 0 spiro atoms. The molecule has 0 bridgehead atoms. The molecular weight excluding hydrogens is 164 g/mol. The van der Waals surface area contributed by atoms with E-state index in [0.717, 1.165) is 19.1 Å². The van der Waals surface area contributed by atoms with Crippen molar-refractivity contribution in [1.82, 2.24) is 0 Å². The number of hydrogen-bond acceptors (Lipinski definition) is 2. The fourth-order valence-electron chi connectivity index (χ4n) is 1.08. The molecule has 0 aliphatic heterocycles. The minimum absolute atomic E-state index is 0.554. The third-order valence-electron chi connectivity index (χ3n) is 2.03. The highest BCUT2D eigenvalue weighted by Crippen LogP contribution is 2.19. The lowest BCUT2D eigenvalue weighted by Gasteiger charge is -2.22. The first-order valence-electron chi connectivity index (χ1n) is 4.80. The summed E-state index contributed by atoms with van der Waals surface area (Å²) < 4.78 is 0. The van der Waals surface area contributed by atoms with Crippen molar-refractivity contribution in [1.29, 1.82) is 0 Å². The highest BCUT2D eigenvalue weighted by molar-refractivity contribution is 5.64. The number of allylic oxidation sites excluding steroid dienone is 1. The molecule has 1 N–H and O–H groups in total. The van der Waals surface area contributed by atoms with Crippen LogP contribution in [0.25, 0.3) is 0 Å². The lowest BCUT2D eigenvalue weighted by atomic mass is 9.92. The van der Waals surface area contributed by atoms with E-state index in [1.165, 1.54) is 6.08 Å². The second-order valence-corrected chi connectivity index (χ2v) is 4.20. The first-order valence-corrected chi connectivity index (χ1v) is 4.80. The number of aldehydes is 1. The summed E-state index contributed by atoms with van der Waals surface area (Å²) in [5.74, 6) is 0.613. The van der Waals surface area contributed by atoms with Gasteiger partial charge in [-0.15, -0.1) is 0 Å². The normalized spacial score (nSPS) is 16.4. The van der Waals surface area contributed by atoms with Crippen LogP contribution in [0.5, 0.6) is 0 Å². The van der Waals surface area contributed by atoms with Gasteiger partial charge in [-0.25, -0.2) is 0 Å². The van der Waals surface area contributed by atoms with Crippen LogP contribution in [0.4, 0.5) is 0 Å². The molecule has 0 saturated heterocycles. The number of aliphatic hydroxyl groups is 1. The van der Waals surface area contributed by atoms with Gasteiger partial charge in [-0.3, -0.25) is 4.79 Å². The van der Waals surface area contributed by atoms with Crippen molar-refractivity contribution in [2.75, 3.05) is 0 Å². The zero-order valence-electron chi connectivity index (χ0n) is 8.79. The van der Waals surface area contributed by atoms with Gasteiger partial charge in [0.2, 0.25) is 0 Å². The predicted molar refractivity (Wildman–Crippen MR) is 54.5 cm³/mol. The molecule has 0 rings (SSSR count). The number of hydrogen-bond donors (Lipinski definition) is 1. The lowest BCUT2D eigenvalue weighted by Crippen LogP contribution is -2.23. The Labute approximate surface area is 80.7 Å². The van der Waals surface area contributed by atoms with Crippen LogP contribution in [0, 0.1) is 5.92 Å². The van der Waals surface area contributed by atoms with Gasteiger partial charge in [-0.05, 0) is 38.2 Å². The van der Waals surface area contributed by atoms with E-state index in [1.54, 1.807) is 6.08 Å². The Bertz CT molecular complexity index is 169. The van der Waals surface area contributed by atoms with E-state index in [1.807, 2.05) is 6.92 Å². The van der Waals surface area contributed by atoms with Crippen LogP contribution in [-0.2, 0) is 4.79 Å². The summed E-state index contributed by atoms with van der Waals surface area (Å²) in [4.78, 5) is 9.99. The van der Waals surface area contributed by atoms with E-state index in [-0.39, 0.29) is 0 Å². The van der Waals surface area contributed by atoms with Gasteiger partial charge in [0.05, 0.1) is 5.60 Å². The van der Waals surface area contributed by atoms with Crippen LogP contribution in [0.3, 0.4) is 0 Å². The maximum atomic E-state index is 9.99. The van der Waals surface area contributed by atoms with Gasteiger partial charge in [0.1, 0.15) is 6.29 Å². The molecule has 0 aromatic carbocycles. The molecule has 0 fully saturated rings. The maximum absolute atomic E-state index is 9.99. The summed E-state index contributed by atoms with van der Waals surface area (Å²) >= 11 is 0. The molecule has 0 saturated carbocycles. The lowest BCUT2D eigenvalue weighted by molar-refractivity contribution is -0.104. The standard InChI is InChI=1S/C11H20O2/c1-10(2)6-8-11(3,13)7-4-5-9-12/h4-5,9-10,13H,6-8H2,1-3H3. The fourth-order valence-corrected chi connectivity index (χ4v) is 1.08. The van der Waals surface area contributed by atoms with Crippen LogP contribution in [0.2, 0.25) is 0 Å². The third kappa shape index (κ3) is 7.72. The molecule has 0 amide bonds. The topological polar surface area (TPSA) is 37.3 Å². The summed E-state index contributed by atoms with van der Waals surface area (Å²) in [5.41, 5.74) is -0.663. The molecule has 0 radical (unpaired) electrons. The van der Waals surface area contributed by atoms with E-state index in [4.69, 9.17) is 0 Å². The van der Waals surface area contributed by atoms with Gasteiger partial charge in [-0.2, -0.15) is 0 Å². The molecule has 0 heterocycles. The largest absolute Gasteiger partial charge is 0.390 e. The summed E-state index contributed by atoms with van der Waals surface area (Å²) in [6.45, 7) is 6.08. The second kappa shape index (κ2) is 5.92. The molecule has 76 valence electrons. The van der Waals surface area contributed by atoms with Crippen molar-refractivity contribution in [3.63, 3.8) is 0 Å². The van der Waals surface area contributed by atoms with E-state index in [9.17, 15) is 9.90 Å². The van der Waals surface area contributed by atoms with Crippen molar-refractivity contribution in [3.8, 4) is 0 Å². The Hall–Kier alpha value is -0.630. The van der Waals surface area contributed by atoms with Crippen molar-refractivity contribution >= 4 is 6.29 Å².